The lowest BCUT2D eigenvalue weighted by molar-refractivity contribution is -0.299. The summed E-state index contributed by atoms with van der Waals surface area (Å²) in [5, 5.41) is 17.2. The third-order valence-corrected chi connectivity index (χ3v) is 14.8. The lowest BCUT2D eigenvalue weighted by Gasteiger charge is -2.48. The maximum atomic E-state index is 14.6. The van der Waals surface area contributed by atoms with E-state index in [9.17, 15) is 32.7 Å². The molecular formula is C44H64N6O13S. The van der Waals surface area contributed by atoms with E-state index in [0.717, 1.165) is 0 Å². The van der Waals surface area contributed by atoms with Crippen LogP contribution in [0.3, 0.4) is 0 Å². The summed E-state index contributed by atoms with van der Waals surface area (Å²) in [4.78, 5) is 66.2. The zero-order valence-corrected chi connectivity index (χ0v) is 39.0. The number of benzene rings is 1. The smallest absolute Gasteiger partial charge is 0.408 e. The van der Waals surface area contributed by atoms with Crippen LogP contribution in [0.5, 0.6) is 0 Å². The van der Waals surface area contributed by atoms with E-state index in [4.69, 9.17) is 28.4 Å². The Morgan fingerprint density at radius 3 is 2.42 bits per heavy atom. The number of ether oxygens (including phenoxy) is 6. The van der Waals surface area contributed by atoms with Gasteiger partial charge in [-0.25, -0.2) is 22.7 Å². The van der Waals surface area contributed by atoms with Gasteiger partial charge in [-0.1, -0.05) is 39.8 Å². The highest BCUT2D eigenvalue weighted by molar-refractivity contribution is 7.89. The third-order valence-electron chi connectivity index (χ3n) is 13.3. The molecule has 1 aromatic carbocycles. The molecule has 4 saturated heterocycles. The average Bonchev–Trinajstić information content (AvgIpc) is 3.56. The van der Waals surface area contributed by atoms with Gasteiger partial charge < -0.3 is 49.1 Å². The summed E-state index contributed by atoms with van der Waals surface area (Å²) in [6, 6.07) is 3.71. The minimum absolute atomic E-state index is 0.0929. The molecule has 4 N–H and O–H groups in total. The first-order valence-corrected chi connectivity index (χ1v) is 23.4. The number of Topliss-reactive ketones (excluding diaryl/α,β-unsaturated/α-hetero) is 1. The quantitative estimate of drug-likeness (QED) is 0.220. The summed E-state index contributed by atoms with van der Waals surface area (Å²) in [5.41, 5.74) is -2.22. The van der Waals surface area contributed by atoms with Gasteiger partial charge >= 0.3 is 18.2 Å². The summed E-state index contributed by atoms with van der Waals surface area (Å²) in [5.74, 6) is -4.78. The highest BCUT2D eigenvalue weighted by atomic mass is 32.2. The number of amides is 2. The number of hydrogen-bond donors (Lipinski definition) is 4. The molecule has 0 spiro atoms. The number of rotatable bonds is 8. The van der Waals surface area contributed by atoms with Crippen LogP contribution in [-0.4, -0.2) is 146 Å². The van der Waals surface area contributed by atoms with E-state index in [-0.39, 0.29) is 48.8 Å². The van der Waals surface area contributed by atoms with Crippen LogP contribution in [0.2, 0.25) is 0 Å². The molecule has 20 heteroatoms. The van der Waals surface area contributed by atoms with Gasteiger partial charge in [-0.3, -0.25) is 19.6 Å². The molecule has 1 aromatic heterocycles. The fourth-order valence-corrected chi connectivity index (χ4v) is 11.2. The van der Waals surface area contributed by atoms with Crippen molar-refractivity contribution in [2.45, 2.75) is 146 Å². The van der Waals surface area contributed by atoms with Crippen molar-refractivity contribution >= 4 is 34.0 Å². The topological polar surface area (TPSA) is 243 Å². The largest absolute Gasteiger partial charge is 0.458 e. The van der Waals surface area contributed by atoms with Gasteiger partial charge in [0.05, 0.1) is 53.6 Å². The van der Waals surface area contributed by atoms with Crippen molar-refractivity contribution in [3.05, 3.63) is 42.9 Å². The molecule has 2 aromatic rings. The van der Waals surface area contributed by atoms with Gasteiger partial charge in [0.15, 0.2) is 11.9 Å². The molecule has 354 valence electrons. The molecule has 0 saturated carbocycles. The highest BCUT2D eigenvalue weighted by Crippen LogP contribution is 2.42. The number of likely N-dealkylation sites (N-methyl/N-ethyl adjacent to an activating group) is 1. The van der Waals surface area contributed by atoms with E-state index in [1.807, 2.05) is 25.9 Å². The lowest BCUT2D eigenvalue weighted by Crippen LogP contribution is -2.61. The zero-order chi connectivity index (χ0) is 46.9. The number of alkyl carbamates (subject to hydrolysis) is 2. The van der Waals surface area contributed by atoms with E-state index in [1.165, 1.54) is 30.7 Å². The molecule has 4 fully saturated rings. The number of sulfonamides is 1. The Balaban J connectivity index is 1.44. The third kappa shape index (κ3) is 10.4. The molecule has 2 amide bonds. The second kappa shape index (κ2) is 19.7. The molecule has 4 aliphatic heterocycles. The first-order valence-electron chi connectivity index (χ1n) is 21.9. The number of fused-ring (bicyclic) bond motifs is 4. The van der Waals surface area contributed by atoms with Gasteiger partial charge in [-0.2, -0.15) is 0 Å². The Morgan fingerprint density at radius 2 is 1.75 bits per heavy atom. The fourth-order valence-electron chi connectivity index (χ4n) is 9.90. The van der Waals surface area contributed by atoms with E-state index in [1.54, 1.807) is 60.6 Å². The summed E-state index contributed by atoms with van der Waals surface area (Å²) in [6.07, 6.45) is -2.86. The number of esters is 1. The molecule has 0 radical (unpaired) electrons. The molecule has 6 rings (SSSR count). The average molecular weight is 917 g/mol. The number of ketones is 1. The van der Waals surface area contributed by atoms with Crippen LogP contribution in [-0.2, 0) is 48.0 Å². The minimum Gasteiger partial charge on any atom is -0.458 e. The zero-order valence-electron chi connectivity index (χ0n) is 38.2. The number of hydrogen-bond acceptors (Lipinski definition) is 16. The number of carbonyl (C=O) groups is 4. The number of nitrogens with zero attached hydrogens (tertiary/aromatic N) is 3. The van der Waals surface area contributed by atoms with Crippen LogP contribution in [0.25, 0.3) is 11.3 Å². The van der Waals surface area contributed by atoms with Crippen LogP contribution in [0.1, 0.15) is 74.7 Å². The van der Waals surface area contributed by atoms with E-state index < -0.39 is 106 Å². The van der Waals surface area contributed by atoms with Gasteiger partial charge in [0.2, 0.25) is 10.0 Å². The van der Waals surface area contributed by atoms with E-state index in [0.29, 0.717) is 17.7 Å². The first kappa shape index (κ1) is 49.1. The van der Waals surface area contributed by atoms with E-state index in [2.05, 4.69) is 25.3 Å². The van der Waals surface area contributed by atoms with Gasteiger partial charge in [-0.05, 0) is 73.2 Å². The molecule has 19 nitrogen and oxygen atoms in total. The SMILES string of the molecule is CC[C@H]1OC(=O)[C@H](C)[C@H]2OCC(NS(=O)(=O)c3cccc(-c4cnccn4)c3)CNC(=O)O[C@](C)(C[C@@H](C)C(=O)[C@H](C)[C@@H]3NC(=O)O[C@]13C)[C@H](O[C@@H]1O[C@H](C)C[C@H](N(C)C)[C@H]1O)[C@H]2C. The van der Waals surface area contributed by atoms with Gasteiger partial charge in [0, 0.05) is 48.3 Å². The molecule has 64 heavy (non-hydrogen) atoms. The Morgan fingerprint density at radius 1 is 1.02 bits per heavy atom. The number of aromatic nitrogens is 2. The Kier molecular flexibility index (Phi) is 15.1. The van der Waals surface area contributed by atoms with Crippen LogP contribution in [0.15, 0.2) is 47.8 Å². The van der Waals surface area contributed by atoms with Crippen molar-refractivity contribution in [1.29, 1.82) is 0 Å². The number of aliphatic hydroxyl groups excluding tert-OH is 1. The van der Waals surface area contributed by atoms with Crippen molar-refractivity contribution in [2.75, 3.05) is 27.2 Å². The molecular weight excluding hydrogens is 853 g/mol. The number of cyclic esters (lactones) is 1. The van der Waals surface area contributed by atoms with Crippen molar-refractivity contribution in [1.82, 2.24) is 30.2 Å². The molecule has 4 aliphatic rings. The van der Waals surface area contributed by atoms with Gasteiger partial charge in [0.1, 0.15) is 29.7 Å². The van der Waals surface area contributed by atoms with Crippen molar-refractivity contribution in [3.63, 3.8) is 0 Å². The minimum atomic E-state index is -4.30. The van der Waals surface area contributed by atoms with Crippen LogP contribution < -0.4 is 15.4 Å². The van der Waals surface area contributed by atoms with Gasteiger partial charge in [0.25, 0.3) is 0 Å². The highest BCUT2D eigenvalue weighted by Gasteiger charge is 2.58. The lowest BCUT2D eigenvalue weighted by atomic mass is 9.73. The molecule has 5 heterocycles. The number of aliphatic hydroxyl groups is 1. The Labute approximate surface area is 375 Å². The summed E-state index contributed by atoms with van der Waals surface area (Å²) < 4.78 is 68.9. The molecule has 2 bridgehead atoms. The number of carbonyl (C=O) groups excluding carboxylic acids is 4. The Hall–Kier alpha value is -4.31. The summed E-state index contributed by atoms with van der Waals surface area (Å²) >= 11 is 0. The van der Waals surface area contributed by atoms with E-state index >= 15 is 0 Å². The second-order valence-corrected chi connectivity index (χ2v) is 20.1. The normalized spacial score (nSPS) is 38.1. The van der Waals surface area contributed by atoms with Crippen LogP contribution in [0, 0.1) is 23.7 Å². The summed E-state index contributed by atoms with van der Waals surface area (Å²) in [7, 11) is -0.634. The predicted octanol–water partition coefficient (Wildman–Crippen LogP) is 3.19. The maximum Gasteiger partial charge on any atom is 0.408 e. The van der Waals surface area contributed by atoms with Crippen molar-refractivity contribution in [3.8, 4) is 11.3 Å². The first-order chi connectivity index (χ1) is 30.1. The van der Waals surface area contributed by atoms with Crippen LogP contribution >= 0.6 is 0 Å². The monoisotopic (exact) mass is 916 g/mol. The molecule has 1 unspecified atom stereocenters. The number of nitrogens with one attached hydrogen (secondary N) is 3. The van der Waals surface area contributed by atoms with Gasteiger partial charge in [-0.15, -0.1) is 0 Å². The standard InChI is InChI=1S/C44H64N6O13S/c1-11-33-44(8)37(48-42(55)63-44)25(4)34(51)23(2)19-43(7)38(61-40-35(52)32(50(9)10)17-24(3)59-40)26(5)36(27(6)39(53)60-33)58-22-29(20-47-41(54)62-43)49-64(56,57)30-14-12-13-28(18-30)31-21-45-15-16-46-31/h12-16,18,21,23-27,29,32-33,35-38,40,49,52H,11,17,19-20,22H2,1-10H3,(H,47,54)(H,48,55)/t23-,24-,25+,26+,27-,29?,32+,33-,35-,36+,37+,38-,40+,43-,44-/m1/s1. The summed E-state index contributed by atoms with van der Waals surface area (Å²) in [6.45, 7) is 12.8. The van der Waals surface area contributed by atoms with Crippen LogP contribution in [0.4, 0.5) is 9.59 Å². The predicted molar refractivity (Wildman–Crippen MR) is 230 cm³/mol. The Bertz CT molecular complexity index is 2120. The van der Waals surface area contributed by atoms with Crippen molar-refractivity contribution in [2.24, 2.45) is 23.7 Å². The molecule has 0 aliphatic carbocycles. The fraction of sp³-hybridized carbons (Fsp3) is 0.682. The van der Waals surface area contributed by atoms with Crippen molar-refractivity contribution < 1.29 is 61.1 Å². The molecule has 15 atom stereocenters. The second-order valence-electron chi connectivity index (χ2n) is 18.4. The maximum absolute atomic E-state index is 14.6.